The fourth-order valence-electron chi connectivity index (χ4n) is 5.28. The van der Waals surface area contributed by atoms with Crippen LogP contribution in [-0.4, -0.2) is 96.4 Å². The molecule has 256 valence electrons. The van der Waals surface area contributed by atoms with Crippen molar-refractivity contribution in [3.8, 4) is 5.75 Å². The number of urea groups is 1. The van der Waals surface area contributed by atoms with Crippen molar-refractivity contribution in [2.75, 3.05) is 43.4 Å². The number of benzene rings is 2. The van der Waals surface area contributed by atoms with E-state index in [9.17, 15) is 23.1 Å². The number of nitrogens with zero attached hydrogens (tertiary/aromatic N) is 4. The highest BCUT2D eigenvalue weighted by molar-refractivity contribution is 7.92. The number of sulfonamides is 1. The molecule has 0 aliphatic carbocycles. The number of likely N-dealkylation sites (N-methyl/N-ethyl adjacent to an activating group) is 1. The molecule has 1 aliphatic heterocycles. The number of anilines is 2. The Morgan fingerprint density at radius 2 is 1.89 bits per heavy atom. The minimum Gasteiger partial charge on any atom is -0.490 e. The number of fused-ring (bicyclic) bond motifs is 1. The van der Waals surface area contributed by atoms with Gasteiger partial charge in [-0.3, -0.25) is 9.52 Å². The van der Waals surface area contributed by atoms with Crippen LogP contribution in [0.1, 0.15) is 50.4 Å². The van der Waals surface area contributed by atoms with E-state index in [1.807, 2.05) is 44.2 Å². The number of rotatable bonds is 8. The summed E-state index contributed by atoms with van der Waals surface area (Å²) >= 11 is 0. The molecular weight excluding hydrogens is 624 g/mol. The summed E-state index contributed by atoms with van der Waals surface area (Å²) in [7, 11) is -0.664. The molecule has 0 spiro atoms. The number of hydrogen-bond donors (Lipinski definition) is 3. The Morgan fingerprint density at radius 3 is 2.57 bits per heavy atom. The smallest absolute Gasteiger partial charge is 0.321 e. The average molecular weight is 671 g/mol. The van der Waals surface area contributed by atoms with Crippen LogP contribution in [0.3, 0.4) is 0 Å². The van der Waals surface area contributed by atoms with Crippen LogP contribution < -0.4 is 14.8 Å². The van der Waals surface area contributed by atoms with E-state index in [0.717, 1.165) is 12.8 Å². The van der Waals surface area contributed by atoms with Gasteiger partial charge in [-0.25, -0.2) is 9.78 Å². The van der Waals surface area contributed by atoms with Crippen molar-refractivity contribution in [1.29, 1.82) is 0 Å². The predicted molar refractivity (Wildman–Crippen MR) is 179 cm³/mol. The van der Waals surface area contributed by atoms with E-state index in [2.05, 4.69) is 15.0 Å². The van der Waals surface area contributed by atoms with E-state index in [1.165, 1.54) is 23.2 Å². The third-order valence-corrected chi connectivity index (χ3v) is 9.35. The quantitative estimate of drug-likeness (QED) is 0.323. The van der Waals surface area contributed by atoms with Crippen molar-refractivity contribution in [1.82, 2.24) is 19.4 Å². The highest BCUT2D eigenvalue weighted by Gasteiger charge is 2.31. The minimum atomic E-state index is -4.03. The average Bonchev–Trinajstić information content (AvgIpc) is 3.50. The van der Waals surface area contributed by atoms with E-state index in [1.54, 1.807) is 43.0 Å². The lowest BCUT2D eigenvalue weighted by atomic mass is 10.0. The van der Waals surface area contributed by atoms with Crippen LogP contribution in [-0.2, 0) is 21.8 Å². The summed E-state index contributed by atoms with van der Waals surface area (Å²) in [6.45, 7) is 6.22. The molecular formula is C33H46N6O7S. The first-order chi connectivity index (χ1) is 22.4. The normalized spacial score (nSPS) is 20.3. The van der Waals surface area contributed by atoms with E-state index < -0.39 is 28.1 Å². The maximum Gasteiger partial charge on any atom is 0.321 e. The lowest BCUT2D eigenvalue weighted by Crippen LogP contribution is -2.48. The molecule has 3 amide bonds. The summed E-state index contributed by atoms with van der Waals surface area (Å²) in [5.74, 6) is -0.379. The van der Waals surface area contributed by atoms with Crippen molar-refractivity contribution in [3.05, 3.63) is 66.6 Å². The number of aliphatic hydroxyl groups is 1. The van der Waals surface area contributed by atoms with Gasteiger partial charge in [0.1, 0.15) is 5.75 Å². The van der Waals surface area contributed by atoms with Crippen LogP contribution in [0.5, 0.6) is 5.75 Å². The van der Waals surface area contributed by atoms with Gasteiger partial charge in [-0.05, 0) is 63.4 Å². The van der Waals surface area contributed by atoms with Crippen LogP contribution in [0.2, 0.25) is 0 Å². The number of nitrogens with one attached hydrogen (secondary N) is 2. The Labute approximate surface area is 276 Å². The zero-order valence-corrected chi connectivity index (χ0v) is 28.4. The van der Waals surface area contributed by atoms with Gasteiger partial charge in [-0.1, -0.05) is 25.1 Å². The standard InChI is InChI=1S/C33H46N6O7S/c1-23-18-39(24(2)21-40)32(41)28-17-27(36-47(43,44)31-20-37(4)22-34-31)14-15-29(28)46-25(3)11-9-10-16-45-30(23)19-38(5)33(42)35-26-12-7-6-8-13-26/h6-8,12-15,17,20,22-25,30,36,40H,9-11,16,18-19,21H2,1-5H3,(H,35,42)/t23-,24+,25+,30+/m0/s1. The molecule has 1 aliphatic rings. The number of aryl methyl sites for hydroxylation is 1. The summed E-state index contributed by atoms with van der Waals surface area (Å²) in [5, 5.41) is 12.9. The monoisotopic (exact) mass is 670 g/mol. The number of ether oxygens (including phenoxy) is 2. The fraction of sp³-hybridized carbons (Fsp3) is 0.485. The first kappa shape index (κ1) is 35.7. The lowest BCUT2D eigenvalue weighted by Gasteiger charge is -2.35. The Hall–Kier alpha value is -4.14. The van der Waals surface area contributed by atoms with Gasteiger partial charge < -0.3 is 34.3 Å². The molecule has 0 radical (unpaired) electrons. The molecule has 0 bridgehead atoms. The summed E-state index contributed by atoms with van der Waals surface area (Å²) in [6.07, 6.45) is 4.38. The van der Waals surface area contributed by atoms with Crippen LogP contribution in [0.4, 0.5) is 16.2 Å². The Balaban J connectivity index is 1.62. The van der Waals surface area contributed by atoms with Crippen molar-refractivity contribution < 1.29 is 32.6 Å². The van der Waals surface area contributed by atoms with Gasteiger partial charge in [0.25, 0.3) is 15.9 Å². The fourth-order valence-corrected chi connectivity index (χ4v) is 6.31. The van der Waals surface area contributed by atoms with E-state index >= 15 is 0 Å². The molecule has 47 heavy (non-hydrogen) atoms. The van der Waals surface area contributed by atoms with Crippen molar-refractivity contribution >= 4 is 33.3 Å². The molecule has 4 atom stereocenters. The number of aliphatic hydroxyl groups excluding tert-OH is 1. The molecule has 3 N–H and O–H groups in total. The Kier molecular flexibility index (Phi) is 12.2. The molecule has 2 heterocycles. The molecule has 0 unspecified atom stereocenters. The van der Waals surface area contributed by atoms with Gasteiger partial charge in [0.05, 0.1) is 36.7 Å². The minimum absolute atomic E-state index is 0.152. The van der Waals surface area contributed by atoms with Gasteiger partial charge in [-0.15, -0.1) is 0 Å². The molecule has 0 saturated carbocycles. The van der Waals surface area contributed by atoms with Crippen LogP contribution in [0.25, 0.3) is 0 Å². The molecule has 4 rings (SSSR count). The third-order valence-electron chi connectivity index (χ3n) is 8.09. The van der Waals surface area contributed by atoms with E-state index in [4.69, 9.17) is 9.47 Å². The second-order valence-electron chi connectivity index (χ2n) is 12.2. The lowest BCUT2D eigenvalue weighted by molar-refractivity contribution is -0.0115. The van der Waals surface area contributed by atoms with Crippen molar-refractivity contribution in [2.24, 2.45) is 13.0 Å². The molecule has 13 nitrogen and oxygen atoms in total. The highest BCUT2D eigenvalue weighted by Crippen LogP contribution is 2.29. The molecule has 1 aromatic heterocycles. The summed E-state index contributed by atoms with van der Waals surface area (Å²) < 4.78 is 42.7. The van der Waals surface area contributed by atoms with Gasteiger partial charge in [0.15, 0.2) is 5.03 Å². The van der Waals surface area contributed by atoms with E-state index in [0.29, 0.717) is 24.5 Å². The van der Waals surface area contributed by atoms with Crippen LogP contribution in [0.15, 0.2) is 66.1 Å². The molecule has 3 aromatic rings. The summed E-state index contributed by atoms with van der Waals surface area (Å²) in [4.78, 5) is 34.4. The summed E-state index contributed by atoms with van der Waals surface area (Å²) in [6, 6.07) is 12.9. The number of imidazole rings is 1. The summed E-state index contributed by atoms with van der Waals surface area (Å²) in [5.41, 5.74) is 0.992. The van der Waals surface area contributed by atoms with Crippen molar-refractivity contribution in [3.63, 3.8) is 0 Å². The second-order valence-corrected chi connectivity index (χ2v) is 13.8. The Bertz CT molecular complexity index is 1600. The molecule has 0 saturated heterocycles. The number of hydrogen-bond acceptors (Lipinski definition) is 8. The zero-order valence-electron chi connectivity index (χ0n) is 27.6. The number of carbonyl (C=O) groups is 2. The first-order valence-corrected chi connectivity index (χ1v) is 17.3. The van der Waals surface area contributed by atoms with E-state index in [-0.39, 0.29) is 54.0 Å². The number of para-hydroxylation sites is 1. The number of amides is 3. The zero-order chi connectivity index (χ0) is 34.1. The Morgan fingerprint density at radius 1 is 1.15 bits per heavy atom. The predicted octanol–water partition coefficient (Wildman–Crippen LogP) is 4.18. The molecule has 2 aromatic carbocycles. The van der Waals surface area contributed by atoms with Crippen LogP contribution >= 0.6 is 0 Å². The third kappa shape index (κ3) is 9.69. The maximum absolute atomic E-state index is 14.3. The topological polar surface area (TPSA) is 155 Å². The number of carbonyl (C=O) groups excluding carboxylic acids is 2. The molecule has 0 fully saturated rings. The SMILES string of the molecule is C[C@@H]1CCCCO[C@H](CN(C)C(=O)Nc2ccccc2)[C@@H](C)CN([C@H](C)CO)C(=O)c2cc(NS(=O)(=O)c3cn(C)cn3)ccc2O1. The first-order valence-electron chi connectivity index (χ1n) is 15.8. The van der Waals surface area contributed by atoms with Gasteiger partial charge in [0.2, 0.25) is 0 Å². The van der Waals surface area contributed by atoms with Crippen LogP contribution in [0, 0.1) is 5.92 Å². The molecule has 14 heteroatoms. The second kappa shape index (κ2) is 16.1. The number of aromatic nitrogens is 2. The van der Waals surface area contributed by atoms with Crippen molar-refractivity contribution in [2.45, 2.75) is 63.3 Å². The maximum atomic E-state index is 14.3. The van der Waals surface area contributed by atoms with Gasteiger partial charge in [0, 0.05) is 57.3 Å². The van der Waals surface area contributed by atoms with Gasteiger partial charge in [-0.2, -0.15) is 8.42 Å². The highest BCUT2D eigenvalue weighted by atomic mass is 32.2. The van der Waals surface area contributed by atoms with Gasteiger partial charge >= 0.3 is 6.03 Å². The largest absolute Gasteiger partial charge is 0.490 e.